The summed E-state index contributed by atoms with van der Waals surface area (Å²) in [5.74, 6) is 0. The van der Waals surface area contributed by atoms with Gasteiger partial charge in [-0.05, 0) is 27.2 Å². The lowest BCUT2D eigenvalue weighted by molar-refractivity contribution is -0.0108. The Morgan fingerprint density at radius 2 is 0.750 bits per heavy atom. The van der Waals surface area contributed by atoms with Crippen molar-refractivity contribution in [2.45, 2.75) is 72.5 Å². The largest absolute Gasteiger partial charge is 0.501 e. The number of nitrogens with two attached hydrogens (primary N) is 1. The minimum Gasteiger partial charge on any atom is -0.379 e. The predicted octanol–water partition coefficient (Wildman–Crippen LogP) is 4.69. The first-order chi connectivity index (χ1) is 26.9. The van der Waals surface area contributed by atoms with Crippen LogP contribution in [0.25, 0.3) is 0 Å². The summed E-state index contributed by atoms with van der Waals surface area (Å²) in [6.45, 7) is 39.0. The van der Waals surface area contributed by atoms with Crippen LogP contribution in [0.4, 0.5) is 0 Å². The fourth-order valence-electron chi connectivity index (χ4n) is 5.34. The molecular weight excluding hydrogens is 777 g/mol. The summed E-state index contributed by atoms with van der Waals surface area (Å²) in [6, 6.07) is 0.762. The predicted molar refractivity (Wildman–Crippen MR) is 231 cm³/mol. The smallest absolute Gasteiger partial charge is 0.379 e. The van der Waals surface area contributed by atoms with Gasteiger partial charge in [-0.2, -0.15) is 0 Å². The van der Waals surface area contributed by atoms with E-state index in [0.717, 1.165) is 25.6 Å². The van der Waals surface area contributed by atoms with Gasteiger partial charge in [-0.3, -0.25) is 0 Å². The van der Waals surface area contributed by atoms with Gasteiger partial charge in [-0.25, -0.2) is 0 Å². The lowest BCUT2D eigenvalue weighted by atomic mass is 10.5. The fraction of sp³-hybridized carbons (Fsp3) is 0.947. The second kappa shape index (κ2) is 41.5. The highest BCUT2D eigenvalue weighted by Gasteiger charge is 2.39. The highest BCUT2D eigenvalue weighted by atomic mass is 28.4. The van der Waals surface area contributed by atoms with Crippen molar-refractivity contribution < 1.29 is 60.6 Å². The van der Waals surface area contributed by atoms with E-state index in [1.54, 1.807) is 6.08 Å². The monoisotopic (exact) mass is 863 g/mol. The normalized spacial score (nSPS) is 12.3. The van der Waals surface area contributed by atoms with Gasteiger partial charge < -0.3 is 70.6 Å². The van der Waals surface area contributed by atoms with Gasteiger partial charge >= 0.3 is 8.80 Å². The van der Waals surface area contributed by atoms with E-state index in [4.69, 9.17) is 66.4 Å². The molecule has 0 heterocycles. The van der Waals surface area contributed by atoms with Crippen molar-refractivity contribution in [3.63, 3.8) is 0 Å². The zero-order valence-corrected chi connectivity index (χ0v) is 40.2. The highest BCUT2D eigenvalue weighted by molar-refractivity contribution is 6.89. The van der Waals surface area contributed by atoms with Crippen LogP contribution in [0.15, 0.2) is 12.7 Å². The maximum Gasteiger partial charge on any atom is 0.501 e. The van der Waals surface area contributed by atoms with E-state index < -0.39 is 25.3 Å². The summed E-state index contributed by atoms with van der Waals surface area (Å²) in [5.41, 5.74) is 5.32. The molecule has 0 bridgehead atoms. The first-order valence-electron chi connectivity index (χ1n) is 20.7. The summed E-state index contributed by atoms with van der Waals surface area (Å²) in [6.07, 6.45) is 2.57. The molecule has 0 aromatic rings. The molecule has 0 saturated carbocycles. The highest BCUT2D eigenvalue weighted by Crippen LogP contribution is 2.19. The zero-order chi connectivity index (χ0) is 42.1. The summed E-state index contributed by atoms with van der Waals surface area (Å²) >= 11 is 0. The summed E-state index contributed by atoms with van der Waals surface area (Å²) < 4.78 is 74.6. The van der Waals surface area contributed by atoms with E-state index in [2.05, 4.69) is 50.1 Å². The van der Waals surface area contributed by atoms with Gasteiger partial charge in [0.05, 0.1) is 126 Å². The Bertz CT molecular complexity index is 785. The second-order valence-electron chi connectivity index (χ2n) is 14.2. The molecule has 0 unspecified atom stereocenters. The minimum absolute atomic E-state index is 0.534. The van der Waals surface area contributed by atoms with Crippen molar-refractivity contribution in [1.82, 2.24) is 4.23 Å². The van der Waals surface area contributed by atoms with Gasteiger partial charge in [0.1, 0.15) is 16.5 Å². The Morgan fingerprint density at radius 3 is 1.05 bits per heavy atom. The van der Waals surface area contributed by atoms with Gasteiger partial charge in [-0.15, -0.1) is 6.58 Å². The van der Waals surface area contributed by atoms with E-state index in [1.165, 1.54) is 0 Å². The number of nitrogens with zero attached hydrogens (tertiary/aromatic N) is 1. The third-order valence-corrected chi connectivity index (χ3v) is 18.3. The van der Waals surface area contributed by atoms with Gasteiger partial charge in [-0.1, -0.05) is 45.4 Å². The van der Waals surface area contributed by atoms with E-state index >= 15 is 0 Å². The minimum atomic E-state index is -2.55. The molecule has 0 aliphatic rings. The number of hydrogen-bond acceptors (Lipinski definition) is 15. The third kappa shape index (κ3) is 39.3. The average molecular weight is 863 g/mol. The van der Waals surface area contributed by atoms with Gasteiger partial charge in [0.25, 0.3) is 0 Å². The molecule has 0 aromatic heterocycles. The van der Waals surface area contributed by atoms with Crippen molar-refractivity contribution in [1.29, 1.82) is 0 Å². The van der Waals surface area contributed by atoms with Gasteiger partial charge in [0.2, 0.25) is 0 Å². The van der Waals surface area contributed by atoms with Crippen LogP contribution >= 0.6 is 0 Å². The van der Waals surface area contributed by atoms with E-state index in [-0.39, 0.29) is 0 Å². The Labute approximate surface area is 345 Å². The molecule has 0 aromatic carbocycles. The standard InChI is InChI=1S/C19H43NO8Si.C19H43NO5Si2/c1-4-26-29(27-5-2,28-6-3)19-7-9-21-11-13-23-15-17-25-18-16-24-14-12-22-10-8-20;1-8-10-21-12-14-23-16-18-25-19-17-24-15-13-22-11-9-20(26(2,3)4)27(5,6)7/h4-20H2,1-3H3;8H,1,9-19H2,2-7H3. The van der Waals surface area contributed by atoms with Gasteiger partial charge in [0.15, 0.2) is 0 Å². The Kier molecular flexibility index (Phi) is 42.9. The molecule has 0 radical (unpaired) electrons. The van der Waals surface area contributed by atoms with Crippen molar-refractivity contribution >= 4 is 25.3 Å². The van der Waals surface area contributed by atoms with Crippen LogP contribution in [0, 0.1) is 0 Å². The maximum atomic E-state index is 5.82. The van der Waals surface area contributed by atoms with Crippen molar-refractivity contribution in [2.75, 3.05) is 165 Å². The SMILES string of the molecule is C=CCOCCOCCOCCOCCOCCN([Si](C)(C)C)[Si](C)(C)C.CCO[Si](CCCOCCOCCOCCOCCOCCN)(OCC)OCC. The molecule has 0 aliphatic carbocycles. The molecule has 18 heteroatoms. The van der Waals surface area contributed by atoms with Crippen molar-refractivity contribution in [3.05, 3.63) is 12.7 Å². The molecule has 56 heavy (non-hydrogen) atoms. The molecule has 0 atom stereocenters. The quantitative estimate of drug-likeness (QED) is 0.0513. The fourth-order valence-corrected chi connectivity index (χ4v) is 17.5. The average Bonchev–Trinajstić information content (AvgIpc) is 3.13. The maximum absolute atomic E-state index is 5.82. The first-order valence-corrected chi connectivity index (χ1v) is 29.5. The van der Waals surface area contributed by atoms with Crippen molar-refractivity contribution in [2.24, 2.45) is 5.73 Å². The van der Waals surface area contributed by atoms with E-state index in [1.807, 2.05) is 20.8 Å². The third-order valence-electron chi connectivity index (χ3n) is 7.42. The lowest BCUT2D eigenvalue weighted by Crippen LogP contribution is -2.59. The molecule has 0 saturated heterocycles. The molecule has 0 rings (SSSR count). The van der Waals surface area contributed by atoms with E-state index in [0.29, 0.717) is 152 Å². The Morgan fingerprint density at radius 1 is 0.446 bits per heavy atom. The second-order valence-corrected chi connectivity index (χ2v) is 27.2. The molecule has 15 nitrogen and oxygen atoms in total. The molecule has 0 aliphatic heterocycles. The summed E-state index contributed by atoms with van der Waals surface area (Å²) in [7, 11) is -5.12. The van der Waals surface area contributed by atoms with Crippen LogP contribution < -0.4 is 5.73 Å². The van der Waals surface area contributed by atoms with Gasteiger partial charge in [0, 0.05) is 45.6 Å². The number of ether oxygens (including phenoxy) is 10. The molecule has 0 amide bonds. The summed E-state index contributed by atoms with van der Waals surface area (Å²) in [4.78, 5) is 0. The number of hydrogen-bond donors (Lipinski definition) is 1. The van der Waals surface area contributed by atoms with Crippen LogP contribution in [0.3, 0.4) is 0 Å². The Hall–Kier alpha value is -0.209. The topological polar surface area (TPSA) is 149 Å². The van der Waals surface area contributed by atoms with Crippen molar-refractivity contribution in [3.8, 4) is 0 Å². The summed E-state index contributed by atoms with van der Waals surface area (Å²) in [5, 5.41) is 0. The Balaban J connectivity index is 0. The van der Waals surface area contributed by atoms with Crippen LogP contribution in [-0.2, 0) is 60.6 Å². The lowest BCUT2D eigenvalue weighted by Gasteiger charge is -2.43. The molecule has 0 spiro atoms. The zero-order valence-electron chi connectivity index (χ0n) is 37.2. The van der Waals surface area contributed by atoms with Crippen LogP contribution in [0.5, 0.6) is 0 Å². The molecular formula is C38H86N2O13Si3. The van der Waals surface area contributed by atoms with Crippen LogP contribution in [-0.4, -0.2) is 195 Å². The van der Waals surface area contributed by atoms with Crippen LogP contribution in [0.1, 0.15) is 27.2 Å². The molecule has 338 valence electrons. The van der Waals surface area contributed by atoms with Crippen LogP contribution in [0.2, 0.25) is 45.3 Å². The number of rotatable bonds is 43. The first kappa shape index (κ1) is 57.9. The molecule has 0 fully saturated rings. The van der Waals surface area contributed by atoms with E-state index in [9.17, 15) is 0 Å². The molecule has 2 N–H and O–H groups in total.